The molecule has 1 amide bonds. The molecule has 6 nitrogen and oxygen atoms in total. The number of rotatable bonds is 10. The van der Waals surface area contributed by atoms with Gasteiger partial charge in [0.15, 0.2) is 0 Å². The van der Waals surface area contributed by atoms with Crippen molar-refractivity contribution in [2.75, 3.05) is 33.8 Å². The van der Waals surface area contributed by atoms with E-state index in [0.29, 0.717) is 13.1 Å². The van der Waals surface area contributed by atoms with Crippen LogP contribution in [0.1, 0.15) is 22.7 Å². The number of pyridine rings is 1. The number of H-pyrrole nitrogens is 1. The number of nitrogens with one attached hydrogen (secondary N) is 2. The fourth-order valence-electron chi connectivity index (χ4n) is 4.07. The maximum Gasteiger partial charge on any atom is 0.234 e. The van der Waals surface area contributed by atoms with Crippen LogP contribution >= 0.6 is 0 Å². The average molecular weight is 443 g/mol. The molecule has 0 aliphatic heterocycles. The SMILES string of the molecule is COc1ccc(C(CNC(=O)CN(C)CCc2ccccn2)c2c[nH]c3ccccc23)cc1. The van der Waals surface area contributed by atoms with Crippen molar-refractivity contribution in [3.63, 3.8) is 0 Å². The van der Waals surface area contributed by atoms with E-state index >= 15 is 0 Å². The maximum atomic E-state index is 12.7. The van der Waals surface area contributed by atoms with E-state index in [2.05, 4.69) is 39.6 Å². The average Bonchev–Trinajstić information content (AvgIpc) is 3.28. The summed E-state index contributed by atoms with van der Waals surface area (Å²) >= 11 is 0. The summed E-state index contributed by atoms with van der Waals surface area (Å²) in [6, 6.07) is 22.2. The van der Waals surface area contributed by atoms with Crippen LogP contribution in [0.25, 0.3) is 10.9 Å². The molecule has 0 saturated carbocycles. The number of ether oxygens (including phenoxy) is 1. The van der Waals surface area contributed by atoms with Crippen molar-refractivity contribution >= 4 is 16.8 Å². The summed E-state index contributed by atoms with van der Waals surface area (Å²) in [5.41, 5.74) is 4.42. The molecule has 2 aromatic heterocycles. The number of benzene rings is 2. The molecule has 170 valence electrons. The van der Waals surface area contributed by atoms with Crippen LogP contribution in [-0.4, -0.2) is 54.6 Å². The van der Waals surface area contributed by atoms with E-state index in [1.165, 1.54) is 10.9 Å². The van der Waals surface area contributed by atoms with Crippen LogP contribution in [0.2, 0.25) is 0 Å². The van der Waals surface area contributed by atoms with E-state index in [4.69, 9.17) is 4.74 Å². The molecule has 0 aliphatic rings. The smallest absolute Gasteiger partial charge is 0.234 e. The maximum absolute atomic E-state index is 12.7. The van der Waals surface area contributed by atoms with Gasteiger partial charge < -0.3 is 15.0 Å². The molecule has 4 aromatic rings. The molecule has 0 spiro atoms. The molecule has 0 radical (unpaired) electrons. The Hall–Kier alpha value is -3.64. The second-order valence-electron chi connectivity index (χ2n) is 8.23. The number of aromatic nitrogens is 2. The van der Waals surface area contributed by atoms with Gasteiger partial charge in [0.25, 0.3) is 0 Å². The molecule has 1 atom stereocenters. The monoisotopic (exact) mass is 442 g/mol. The number of likely N-dealkylation sites (N-methyl/N-ethyl adjacent to an activating group) is 1. The molecule has 4 rings (SSSR count). The van der Waals surface area contributed by atoms with Crippen LogP contribution < -0.4 is 10.1 Å². The fraction of sp³-hybridized carbons (Fsp3) is 0.259. The number of amides is 1. The van der Waals surface area contributed by atoms with Crippen molar-refractivity contribution in [1.82, 2.24) is 20.2 Å². The molecule has 1 unspecified atom stereocenters. The quantitative estimate of drug-likeness (QED) is 0.390. The standard InChI is InChI=1S/C27H30N4O2/c1-31(16-14-21-7-5-6-15-28-21)19-27(32)30-17-24(20-10-12-22(33-2)13-11-20)25-18-29-26-9-4-3-8-23(25)26/h3-13,15,18,24,29H,14,16-17,19H2,1-2H3,(H,30,32). The Morgan fingerprint density at radius 3 is 2.64 bits per heavy atom. The van der Waals surface area contributed by atoms with Crippen molar-refractivity contribution in [2.24, 2.45) is 0 Å². The van der Waals surface area contributed by atoms with E-state index in [1.807, 2.05) is 60.6 Å². The zero-order valence-electron chi connectivity index (χ0n) is 19.1. The zero-order valence-corrected chi connectivity index (χ0v) is 19.1. The molecular formula is C27H30N4O2. The normalized spacial score (nSPS) is 12.1. The van der Waals surface area contributed by atoms with Gasteiger partial charge in [-0.2, -0.15) is 0 Å². The first-order valence-corrected chi connectivity index (χ1v) is 11.2. The third-order valence-electron chi connectivity index (χ3n) is 5.91. The van der Waals surface area contributed by atoms with Crippen LogP contribution in [0.15, 0.2) is 79.1 Å². The minimum absolute atomic E-state index is 0.0110. The Bertz CT molecular complexity index is 1170. The van der Waals surface area contributed by atoms with Gasteiger partial charge in [0.05, 0.1) is 13.7 Å². The molecule has 2 aromatic carbocycles. The lowest BCUT2D eigenvalue weighted by Crippen LogP contribution is -2.38. The van der Waals surface area contributed by atoms with Gasteiger partial charge in [-0.3, -0.25) is 14.7 Å². The molecule has 6 heteroatoms. The first kappa shape index (κ1) is 22.6. The molecular weight excluding hydrogens is 412 g/mol. The van der Waals surface area contributed by atoms with Crippen molar-refractivity contribution in [3.05, 3.63) is 95.9 Å². The molecule has 0 aliphatic carbocycles. The van der Waals surface area contributed by atoms with Crippen LogP contribution in [0.4, 0.5) is 0 Å². The van der Waals surface area contributed by atoms with E-state index in [-0.39, 0.29) is 11.8 Å². The Kier molecular flexibility index (Phi) is 7.37. The molecule has 0 saturated heterocycles. The van der Waals surface area contributed by atoms with Crippen LogP contribution in [-0.2, 0) is 11.2 Å². The summed E-state index contributed by atoms with van der Waals surface area (Å²) in [5, 5.41) is 4.32. The van der Waals surface area contributed by atoms with E-state index in [0.717, 1.165) is 35.5 Å². The first-order valence-electron chi connectivity index (χ1n) is 11.2. The molecule has 33 heavy (non-hydrogen) atoms. The molecule has 0 bridgehead atoms. The predicted octanol–water partition coefficient (Wildman–Crippen LogP) is 3.99. The third kappa shape index (κ3) is 5.79. The first-order chi connectivity index (χ1) is 16.1. The number of methoxy groups -OCH3 is 1. The number of hydrogen-bond acceptors (Lipinski definition) is 4. The van der Waals surface area contributed by atoms with E-state index in [9.17, 15) is 4.79 Å². The van der Waals surface area contributed by atoms with Crippen molar-refractivity contribution in [1.29, 1.82) is 0 Å². The summed E-state index contributed by atoms with van der Waals surface area (Å²) in [7, 11) is 3.62. The number of carbonyl (C=O) groups excluding carboxylic acids is 1. The van der Waals surface area contributed by atoms with Crippen LogP contribution in [0, 0.1) is 0 Å². The van der Waals surface area contributed by atoms with Gasteiger partial charge >= 0.3 is 0 Å². The lowest BCUT2D eigenvalue weighted by Gasteiger charge is -2.20. The minimum atomic E-state index is 0.0110. The second-order valence-corrected chi connectivity index (χ2v) is 8.23. The number of carbonyl (C=O) groups is 1. The highest BCUT2D eigenvalue weighted by atomic mass is 16.5. The zero-order chi connectivity index (χ0) is 23.0. The molecule has 2 heterocycles. The second kappa shape index (κ2) is 10.8. The van der Waals surface area contributed by atoms with E-state index in [1.54, 1.807) is 13.3 Å². The molecule has 2 N–H and O–H groups in total. The Balaban J connectivity index is 1.43. The van der Waals surface area contributed by atoms with Gasteiger partial charge in [-0.1, -0.05) is 36.4 Å². The summed E-state index contributed by atoms with van der Waals surface area (Å²) in [5.74, 6) is 0.849. The number of aromatic amines is 1. The third-order valence-corrected chi connectivity index (χ3v) is 5.91. The Morgan fingerprint density at radius 1 is 1.09 bits per heavy atom. The Morgan fingerprint density at radius 2 is 1.88 bits per heavy atom. The fourth-order valence-corrected chi connectivity index (χ4v) is 4.07. The summed E-state index contributed by atoms with van der Waals surface area (Å²) < 4.78 is 5.32. The summed E-state index contributed by atoms with van der Waals surface area (Å²) in [4.78, 5) is 22.5. The summed E-state index contributed by atoms with van der Waals surface area (Å²) in [6.07, 6.45) is 4.66. The molecule has 0 fully saturated rings. The van der Waals surface area contributed by atoms with E-state index < -0.39 is 0 Å². The van der Waals surface area contributed by atoms with Gasteiger partial charge in [-0.25, -0.2) is 0 Å². The topological polar surface area (TPSA) is 70.2 Å². The summed E-state index contributed by atoms with van der Waals surface area (Å²) in [6.45, 7) is 1.63. The van der Waals surface area contributed by atoms with Crippen molar-refractivity contribution in [2.45, 2.75) is 12.3 Å². The van der Waals surface area contributed by atoms with Crippen molar-refractivity contribution < 1.29 is 9.53 Å². The van der Waals surface area contributed by atoms with Crippen molar-refractivity contribution in [3.8, 4) is 5.75 Å². The number of fused-ring (bicyclic) bond motifs is 1. The van der Waals surface area contributed by atoms with Crippen LogP contribution in [0.3, 0.4) is 0 Å². The number of nitrogens with zero attached hydrogens (tertiary/aromatic N) is 2. The highest BCUT2D eigenvalue weighted by Gasteiger charge is 2.19. The van der Waals surface area contributed by atoms with Gasteiger partial charge in [0, 0.05) is 54.4 Å². The Labute approximate surface area is 194 Å². The van der Waals surface area contributed by atoms with Crippen LogP contribution in [0.5, 0.6) is 5.75 Å². The highest BCUT2D eigenvalue weighted by Crippen LogP contribution is 2.31. The lowest BCUT2D eigenvalue weighted by atomic mass is 9.90. The lowest BCUT2D eigenvalue weighted by molar-refractivity contribution is -0.121. The number of para-hydroxylation sites is 1. The highest BCUT2D eigenvalue weighted by molar-refractivity contribution is 5.84. The largest absolute Gasteiger partial charge is 0.497 e. The number of hydrogen-bond donors (Lipinski definition) is 2. The van der Waals surface area contributed by atoms with Gasteiger partial charge in [0.2, 0.25) is 5.91 Å². The van der Waals surface area contributed by atoms with Gasteiger partial charge in [-0.05, 0) is 48.5 Å². The van der Waals surface area contributed by atoms with Gasteiger partial charge in [-0.15, -0.1) is 0 Å². The van der Waals surface area contributed by atoms with Gasteiger partial charge in [0.1, 0.15) is 5.75 Å². The predicted molar refractivity (Wildman–Crippen MR) is 132 cm³/mol. The minimum Gasteiger partial charge on any atom is -0.497 e.